The van der Waals surface area contributed by atoms with E-state index in [4.69, 9.17) is 9.84 Å². The van der Waals surface area contributed by atoms with E-state index in [1.165, 1.54) is 0 Å². The molecule has 1 aliphatic heterocycles. The van der Waals surface area contributed by atoms with Gasteiger partial charge in [-0.15, -0.1) is 0 Å². The maximum Gasteiger partial charge on any atom is 0.128 e. The zero-order chi connectivity index (χ0) is 13.0. The fraction of sp³-hybridized carbons (Fsp3) is 0.643. The summed E-state index contributed by atoms with van der Waals surface area (Å²) < 4.78 is 5.37. The Morgan fingerprint density at radius 3 is 2.72 bits per heavy atom. The molecule has 100 valence electrons. The van der Waals surface area contributed by atoms with Gasteiger partial charge in [-0.05, 0) is 37.3 Å². The van der Waals surface area contributed by atoms with E-state index >= 15 is 0 Å². The van der Waals surface area contributed by atoms with Gasteiger partial charge in [-0.3, -0.25) is 0 Å². The molecule has 1 aromatic rings. The Morgan fingerprint density at radius 2 is 2.11 bits per heavy atom. The molecule has 2 heterocycles. The Balaban J connectivity index is 1.99. The third-order valence-electron chi connectivity index (χ3n) is 3.61. The van der Waals surface area contributed by atoms with E-state index in [2.05, 4.69) is 16.9 Å². The van der Waals surface area contributed by atoms with Crippen LogP contribution in [0, 0.1) is 12.8 Å². The highest BCUT2D eigenvalue weighted by atomic mass is 16.5. The van der Waals surface area contributed by atoms with Crippen LogP contribution in [-0.2, 0) is 11.3 Å². The van der Waals surface area contributed by atoms with Crippen molar-refractivity contribution in [3.63, 3.8) is 0 Å². The molecule has 0 saturated carbocycles. The highest BCUT2D eigenvalue weighted by Crippen LogP contribution is 2.19. The summed E-state index contributed by atoms with van der Waals surface area (Å²) in [6.07, 6.45) is 2.27. The van der Waals surface area contributed by atoms with Crippen molar-refractivity contribution in [2.24, 2.45) is 5.92 Å². The normalized spacial score (nSPS) is 16.8. The van der Waals surface area contributed by atoms with Gasteiger partial charge in [0.15, 0.2) is 0 Å². The largest absolute Gasteiger partial charge is 0.392 e. The van der Waals surface area contributed by atoms with Crippen molar-refractivity contribution in [2.75, 3.05) is 31.7 Å². The topological polar surface area (TPSA) is 45.6 Å². The van der Waals surface area contributed by atoms with E-state index < -0.39 is 0 Å². The second-order valence-corrected chi connectivity index (χ2v) is 5.01. The lowest BCUT2D eigenvalue weighted by atomic mass is 10.00. The second-order valence-electron chi connectivity index (χ2n) is 5.01. The number of aromatic nitrogens is 1. The summed E-state index contributed by atoms with van der Waals surface area (Å²) in [6, 6.07) is 3.94. The molecule has 0 aliphatic carbocycles. The SMILES string of the molecule is Cc1nc(N(C)CC2CCOCC2)ccc1CO. The summed E-state index contributed by atoms with van der Waals surface area (Å²) in [4.78, 5) is 6.74. The van der Waals surface area contributed by atoms with Crippen molar-refractivity contribution < 1.29 is 9.84 Å². The molecule has 1 saturated heterocycles. The molecule has 4 heteroatoms. The highest BCUT2D eigenvalue weighted by molar-refractivity contribution is 5.40. The molecule has 0 amide bonds. The Hall–Kier alpha value is -1.13. The Kier molecular flexibility index (Phi) is 4.55. The van der Waals surface area contributed by atoms with E-state index in [-0.39, 0.29) is 6.61 Å². The fourth-order valence-corrected chi connectivity index (χ4v) is 2.37. The Bertz CT molecular complexity index is 389. The smallest absolute Gasteiger partial charge is 0.128 e. The summed E-state index contributed by atoms with van der Waals surface area (Å²) in [7, 11) is 2.08. The molecule has 0 bridgehead atoms. The molecular weight excluding hydrogens is 228 g/mol. The number of pyridine rings is 1. The molecule has 0 spiro atoms. The number of anilines is 1. The summed E-state index contributed by atoms with van der Waals surface area (Å²) in [5.74, 6) is 1.68. The van der Waals surface area contributed by atoms with E-state index in [0.717, 1.165) is 49.7 Å². The predicted octanol–water partition coefficient (Wildman–Crippen LogP) is 1.75. The molecule has 0 atom stereocenters. The van der Waals surface area contributed by atoms with E-state index in [0.29, 0.717) is 5.92 Å². The number of aliphatic hydroxyl groups excluding tert-OH is 1. The predicted molar refractivity (Wildman–Crippen MR) is 71.7 cm³/mol. The Labute approximate surface area is 109 Å². The number of aryl methyl sites for hydroxylation is 1. The van der Waals surface area contributed by atoms with Gasteiger partial charge in [0, 0.05) is 32.5 Å². The monoisotopic (exact) mass is 250 g/mol. The van der Waals surface area contributed by atoms with Crippen LogP contribution in [-0.4, -0.2) is 36.9 Å². The molecule has 4 nitrogen and oxygen atoms in total. The molecule has 1 aliphatic rings. The zero-order valence-electron chi connectivity index (χ0n) is 11.2. The lowest BCUT2D eigenvalue weighted by Crippen LogP contribution is -2.30. The van der Waals surface area contributed by atoms with Crippen molar-refractivity contribution in [2.45, 2.75) is 26.4 Å². The van der Waals surface area contributed by atoms with Gasteiger partial charge in [0.25, 0.3) is 0 Å². The summed E-state index contributed by atoms with van der Waals surface area (Å²) in [5.41, 5.74) is 1.81. The lowest BCUT2D eigenvalue weighted by Gasteiger charge is -2.28. The number of hydrogen-bond acceptors (Lipinski definition) is 4. The third-order valence-corrected chi connectivity index (χ3v) is 3.61. The minimum absolute atomic E-state index is 0.0583. The average Bonchev–Trinajstić information content (AvgIpc) is 2.39. The van der Waals surface area contributed by atoms with Crippen LogP contribution in [0.2, 0.25) is 0 Å². The molecular formula is C14H22N2O2. The van der Waals surface area contributed by atoms with Gasteiger partial charge in [-0.2, -0.15) is 0 Å². The molecule has 0 aromatic carbocycles. The van der Waals surface area contributed by atoms with E-state index in [9.17, 15) is 0 Å². The van der Waals surface area contributed by atoms with Crippen LogP contribution in [0.25, 0.3) is 0 Å². The first-order chi connectivity index (χ1) is 8.70. The quantitative estimate of drug-likeness (QED) is 0.884. The van der Waals surface area contributed by atoms with Crippen molar-refractivity contribution in [1.82, 2.24) is 4.98 Å². The standard InChI is InChI=1S/C14H22N2O2/c1-11-13(10-17)3-4-14(15-11)16(2)9-12-5-7-18-8-6-12/h3-4,12,17H,5-10H2,1-2H3. The summed E-state index contributed by atoms with van der Waals surface area (Å²) >= 11 is 0. The molecule has 18 heavy (non-hydrogen) atoms. The number of rotatable bonds is 4. The minimum atomic E-state index is 0.0583. The van der Waals surface area contributed by atoms with Gasteiger partial charge in [-0.25, -0.2) is 4.98 Å². The van der Waals surface area contributed by atoms with Crippen molar-refractivity contribution in [1.29, 1.82) is 0 Å². The molecule has 1 fully saturated rings. The molecule has 2 rings (SSSR count). The number of aliphatic hydroxyl groups is 1. The zero-order valence-corrected chi connectivity index (χ0v) is 11.2. The van der Waals surface area contributed by atoms with Gasteiger partial charge in [0.1, 0.15) is 5.82 Å². The fourth-order valence-electron chi connectivity index (χ4n) is 2.37. The van der Waals surface area contributed by atoms with Crippen molar-refractivity contribution in [3.05, 3.63) is 23.4 Å². The summed E-state index contributed by atoms with van der Waals surface area (Å²) in [6.45, 7) is 4.79. The highest BCUT2D eigenvalue weighted by Gasteiger charge is 2.16. The van der Waals surface area contributed by atoms with Crippen molar-refractivity contribution in [3.8, 4) is 0 Å². The average molecular weight is 250 g/mol. The maximum atomic E-state index is 9.14. The van der Waals surface area contributed by atoms with E-state index in [1.807, 2.05) is 19.1 Å². The number of nitrogens with zero attached hydrogens (tertiary/aromatic N) is 2. The van der Waals surface area contributed by atoms with Crippen LogP contribution >= 0.6 is 0 Å². The first kappa shape index (κ1) is 13.3. The second kappa shape index (κ2) is 6.16. The Morgan fingerprint density at radius 1 is 1.39 bits per heavy atom. The van der Waals surface area contributed by atoms with Crippen LogP contribution in [0.3, 0.4) is 0 Å². The molecule has 0 radical (unpaired) electrons. The number of hydrogen-bond donors (Lipinski definition) is 1. The number of ether oxygens (including phenoxy) is 1. The van der Waals surface area contributed by atoms with Crippen LogP contribution in [0.15, 0.2) is 12.1 Å². The lowest BCUT2D eigenvalue weighted by molar-refractivity contribution is 0.0685. The minimum Gasteiger partial charge on any atom is -0.392 e. The van der Waals surface area contributed by atoms with Crippen LogP contribution < -0.4 is 4.90 Å². The molecule has 0 unspecified atom stereocenters. The summed E-state index contributed by atoms with van der Waals surface area (Å²) in [5, 5.41) is 9.14. The van der Waals surface area contributed by atoms with Crippen LogP contribution in [0.1, 0.15) is 24.1 Å². The van der Waals surface area contributed by atoms with Crippen molar-refractivity contribution >= 4 is 5.82 Å². The molecule has 1 aromatic heterocycles. The van der Waals surface area contributed by atoms with Crippen LogP contribution in [0.4, 0.5) is 5.82 Å². The third kappa shape index (κ3) is 3.21. The van der Waals surface area contributed by atoms with Crippen LogP contribution in [0.5, 0.6) is 0 Å². The first-order valence-electron chi connectivity index (χ1n) is 6.57. The van der Waals surface area contributed by atoms with Gasteiger partial charge in [0.2, 0.25) is 0 Å². The van der Waals surface area contributed by atoms with Gasteiger partial charge in [0.05, 0.1) is 6.61 Å². The molecule has 1 N–H and O–H groups in total. The van der Waals surface area contributed by atoms with Gasteiger partial charge in [-0.1, -0.05) is 6.07 Å². The van der Waals surface area contributed by atoms with Gasteiger partial charge >= 0.3 is 0 Å². The maximum absolute atomic E-state index is 9.14. The first-order valence-corrected chi connectivity index (χ1v) is 6.57. The van der Waals surface area contributed by atoms with Gasteiger partial charge < -0.3 is 14.7 Å². The van der Waals surface area contributed by atoms with E-state index in [1.54, 1.807) is 0 Å².